The second kappa shape index (κ2) is 9.51. The Morgan fingerprint density at radius 3 is 2.74 bits per heavy atom. The molecule has 1 saturated heterocycles. The van der Waals surface area contributed by atoms with Gasteiger partial charge < -0.3 is 10.2 Å². The zero-order valence-corrected chi connectivity index (χ0v) is 18.5. The predicted molar refractivity (Wildman–Crippen MR) is 114 cm³/mol. The predicted octanol–water partition coefficient (Wildman–Crippen LogP) is -0.794. The van der Waals surface area contributed by atoms with Gasteiger partial charge in [-0.15, -0.1) is 16.9 Å². The fourth-order valence-corrected chi connectivity index (χ4v) is 5.47. The highest BCUT2D eigenvalue weighted by Crippen LogP contribution is 2.40. The van der Waals surface area contributed by atoms with Crippen molar-refractivity contribution in [2.45, 2.75) is 36.8 Å². The highest BCUT2D eigenvalue weighted by Gasteiger charge is 2.51. The number of H-pyrrole nitrogens is 2. The van der Waals surface area contributed by atoms with E-state index < -0.39 is 28.9 Å². The number of carbonyl (C=O) groups is 3. The first kappa shape index (κ1) is 22.8. The van der Waals surface area contributed by atoms with Crippen molar-refractivity contribution in [3.05, 3.63) is 32.0 Å². The van der Waals surface area contributed by atoms with E-state index in [1.54, 1.807) is 18.7 Å². The summed E-state index contributed by atoms with van der Waals surface area (Å²) in [6.07, 6.45) is 0.0802. The lowest BCUT2D eigenvalue weighted by molar-refractivity contribution is -0.145. The summed E-state index contributed by atoms with van der Waals surface area (Å²) < 4.78 is 0. The SMILES string of the molecule is CCC(=O)/C(=N\OC)C(=O)N[C@@H]1C(=O)N2C(C)=C(CSc3n[nH]c(=O)c(=O)[nH]3)CS[C@H]12. The second-order valence-electron chi connectivity index (χ2n) is 6.55. The van der Waals surface area contributed by atoms with Crippen molar-refractivity contribution in [2.24, 2.45) is 5.16 Å². The number of ketones is 1. The first-order valence-electron chi connectivity index (χ1n) is 9.18. The first-order valence-corrected chi connectivity index (χ1v) is 11.2. The summed E-state index contributed by atoms with van der Waals surface area (Å²) >= 11 is 2.70. The standard InChI is InChI=1S/C17H20N6O6S2/c1-4-9(24)10(22-29-3)12(25)18-11-15(28)23-7(2)8(5-30-16(11)23)6-31-17-19-13(26)14(27)20-21-17/h11,16H,4-6H2,1-3H3,(H,18,25)(H,20,27)(H,19,21,26)/b22-10+/t11-,16-/m1/s1. The summed E-state index contributed by atoms with van der Waals surface area (Å²) in [4.78, 5) is 68.0. The third-order valence-corrected chi connectivity index (χ3v) is 6.98. The molecule has 3 N–H and O–H groups in total. The summed E-state index contributed by atoms with van der Waals surface area (Å²) in [6, 6.07) is -0.773. The largest absolute Gasteiger partial charge is 0.398 e. The number of rotatable bonds is 8. The van der Waals surface area contributed by atoms with Crippen LogP contribution in [0.5, 0.6) is 0 Å². The Balaban J connectivity index is 1.66. The number of hydrogen-bond donors (Lipinski definition) is 3. The summed E-state index contributed by atoms with van der Waals surface area (Å²) in [6.45, 7) is 3.40. The van der Waals surface area contributed by atoms with Crippen molar-refractivity contribution < 1.29 is 19.2 Å². The number of aromatic amines is 2. The number of carbonyl (C=O) groups excluding carboxylic acids is 3. The van der Waals surface area contributed by atoms with Gasteiger partial charge in [0.05, 0.1) is 0 Å². The molecule has 2 amide bonds. The Morgan fingerprint density at radius 2 is 2.10 bits per heavy atom. The molecular weight excluding hydrogens is 448 g/mol. The molecule has 12 nitrogen and oxygen atoms in total. The van der Waals surface area contributed by atoms with Gasteiger partial charge in [0.15, 0.2) is 10.9 Å². The van der Waals surface area contributed by atoms with Crippen LogP contribution in [0.3, 0.4) is 0 Å². The second-order valence-corrected chi connectivity index (χ2v) is 8.62. The quantitative estimate of drug-likeness (QED) is 0.111. The monoisotopic (exact) mass is 468 g/mol. The van der Waals surface area contributed by atoms with E-state index in [1.165, 1.54) is 30.6 Å². The molecule has 1 fully saturated rings. The van der Waals surface area contributed by atoms with Crippen LogP contribution < -0.4 is 16.4 Å². The molecule has 0 spiro atoms. The van der Waals surface area contributed by atoms with Crippen LogP contribution in [0.25, 0.3) is 0 Å². The van der Waals surface area contributed by atoms with Crippen molar-refractivity contribution in [3.8, 4) is 0 Å². The molecule has 31 heavy (non-hydrogen) atoms. The van der Waals surface area contributed by atoms with Crippen LogP contribution in [0, 0.1) is 0 Å². The molecule has 2 aliphatic rings. The summed E-state index contributed by atoms with van der Waals surface area (Å²) in [5.41, 5.74) is -0.260. The van der Waals surface area contributed by atoms with Crippen LogP contribution in [0.15, 0.2) is 31.2 Å². The van der Waals surface area contributed by atoms with Crippen LogP contribution >= 0.6 is 23.5 Å². The molecule has 14 heteroatoms. The van der Waals surface area contributed by atoms with Crippen LogP contribution in [0.4, 0.5) is 0 Å². The van der Waals surface area contributed by atoms with E-state index in [9.17, 15) is 24.0 Å². The molecule has 2 aliphatic heterocycles. The van der Waals surface area contributed by atoms with Crippen molar-refractivity contribution >= 4 is 46.8 Å². The zero-order valence-electron chi connectivity index (χ0n) is 16.9. The molecule has 3 heterocycles. The third-order valence-electron chi connectivity index (χ3n) is 4.68. The first-order chi connectivity index (χ1) is 14.8. The van der Waals surface area contributed by atoms with Crippen LogP contribution in [0.2, 0.25) is 0 Å². The maximum absolute atomic E-state index is 12.7. The van der Waals surface area contributed by atoms with Crippen molar-refractivity contribution in [3.63, 3.8) is 0 Å². The van der Waals surface area contributed by atoms with E-state index in [0.717, 1.165) is 11.3 Å². The van der Waals surface area contributed by atoms with Crippen LogP contribution in [-0.2, 0) is 19.2 Å². The van der Waals surface area contributed by atoms with Gasteiger partial charge in [-0.3, -0.25) is 33.9 Å². The molecule has 0 unspecified atom stereocenters. The fourth-order valence-electron chi connectivity index (χ4n) is 2.98. The van der Waals surface area contributed by atoms with E-state index in [2.05, 4.69) is 30.5 Å². The van der Waals surface area contributed by atoms with Crippen LogP contribution in [0.1, 0.15) is 20.3 Å². The summed E-state index contributed by atoms with van der Waals surface area (Å²) in [5, 5.41) is 11.9. The number of hydrogen-bond acceptors (Lipinski definition) is 10. The number of aromatic nitrogens is 3. The summed E-state index contributed by atoms with van der Waals surface area (Å²) in [5.74, 6) is -0.467. The van der Waals surface area contributed by atoms with Crippen molar-refractivity contribution in [1.29, 1.82) is 0 Å². The van der Waals surface area contributed by atoms with E-state index in [4.69, 9.17) is 0 Å². The van der Waals surface area contributed by atoms with Gasteiger partial charge in [-0.05, 0) is 12.5 Å². The minimum atomic E-state index is -0.825. The number of oxime groups is 1. The van der Waals surface area contributed by atoms with Gasteiger partial charge in [0.25, 0.3) is 11.8 Å². The molecule has 2 atom stereocenters. The number of nitrogens with zero attached hydrogens (tertiary/aromatic N) is 3. The number of fused-ring (bicyclic) bond motifs is 1. The Kier molecular flexibility index (Phi) is 7.00. The number of thioether (sulfide) groups is 2. The van der Waals surface area contributed by atoms with Crippen LogP contribution in [-0.4, -0.2) is 73.4 Å². The Bertz CT molecular complexity index is 1090. The highest BCUT2D eigenvalue weighted by atomic mass is 32.2. The number of nitrogens with one attached hydrogen (secondary N) is 3. The van der Waals surface area contributed by atoms with Gasteiger partial charge in [-0.25, -0.2) is 5.10 Å². The molecule has 166 valence electrons. The molecule has 0 aromatic carbocycles. The lowest BCUT2D eigenvalue weighted by Crippen LogP contribution is -2.70. The number of β-lactam (4-membered cyclic amide) rings is 1. The highest BCUT2D eigenvalue weighted by molar-refractivity contribution is 8.01. The minimum absolute atomic E-state index is 0.0802. The maximum atomic E-state index is 12.7. The third kappa shape index (κ3) is 4.58. The lowest BCUT2D eigenvalue weighted by Gasteiger charge is -2.50. The van der Waals surface area contributed by atoms with Gasteiger partial charge >= 0.3 is 11.1 Å². The molecule has 3 rings (SSSR count). The van der Waals surface area contributed by atoms with Gasteiger partial charge in [0.2, 0.25) is 5.71 Å². The zero-order chi connectivity index (χ0) is 22.7. The Morgan fingerprint density at radius 1 is 1.35 bits per heavy atom. The van der Waals surface area contributed by atoms with E-state index in [1.807, 2.05) is 0 Å². The number of allylic oxidation sites excluding steroid dienone is 1. The smallest absolute Gasteiger partial charge is 0.329 e. The molecular formula is C17H20N6O6S2. The molecule has 0 aliphatic carbocycles. The van der Waals surface area contributed by atoms with Gasteiger partial charge in [-0.1, -0.05) is 23.8 Å². The molecule has 0 radical (unpaired) electrons. The fraction of sp³-hybridized carbons (Fsp3) is 0.471. The minimum Gasteiger partial charge on any atom is -0.398 e. The van der Waals surface area contributed by atoms with Crippen molar-refractivity contribution in [2.75, 3.05) is 18.6 Å². The van der Waals surface area contributed by atoms with Gasteiger partial charge in [0, 0.05) is 23.6 Å². The normalized spacial score (nSPS) is 20.8. The molecule has 1 aromatic rings. The Labute approximate surface area is 184 Å². The topological polar surface area (TPSA) is 167 Å². The number of Topliss-reactive ketones (excluding diaryl/α,β-unsaturated/α-hetero) is 1. The van der Waals surface area contributed by atoms with Gasteiger partial charge in [-0.2, -0.15) is 0 Å². The molecule has 0 bridgehead atoms. The van der Waals surface area contributed by atoms with Gasteiger partial charge in [0.1, 0.15) is 18.5 Å². The summed E-state index contributed by atoms with van der Waals surface area (Å²) in [7, 11) is 1.23. The van der Waals surface area contributed by atoms with Crippen molar-refractivity contribution in [1.82, 2.24) is 25.4 Å². The van der Waals surface area contributed by atoms with E-state index >= 15 is 0 Å². The molecule has 0 saturated carbocycles. The average molecular weight is 469 g/mol. The Hall–Kier alpha value is -2.87. The van der Waals surface area contributed by atoms with E-state index in [-0.39, 0.29) is 28.6 Å². The molecule has 1 aromatic heterocycles. The van der Waals surface area contributed by atoms with E-state index in [0.29, 0.717) is 11.5 Å². The number of amides is 2. The lowest BCUT2D eigenvalue weighted by atomic mass is 10.0. The average Bonchev–Trinajstić information content (AvgIpc) is 2.76. The maximum Gasteiger partial charge on any atom is 0.329 e.